The van der Waals surface area contributed by atoms with Crippen molar-refractivity contribution in [1.29, 1.82) is 5.26 Å². The number of hydrogen-bond acceptors (Lipinski definition) is 4. The van der Waals surface area contributed by atoms with E-state index in [9.17, 15) is 10.4 Å². The van der Waals surface area contributed by atoms with Crippen molar-refractivity contribution in [2.45, 2.75) is 111 Å². The molecule has 0 fully saturated rings. The molecule has 0 amide bonds. The van der Waals surface area contributed by atoms with Crippen molar-refractivity contribution in [2.24, 2.45) is 0 Å². The number of hydrogen-bond donors (Lipinski definition) is 1. The van der Waals surface area contributed by atoms with Crippen LogP contribution in [-0.2, 0) is 0 Å². The van der Waals surface area contributed by atoms with E-state index in [1.165, 1.54) is 73.5 Å². The molecule has 1 aliphatic carbocycles. The first-order chi connectivity index (χ1) is 29.5. The van der Waals surface area contributed by atoms with E-state index in [2.05, 4.69) is 145 Å². The number of nitrogens with zero attached hydrogens (tertiary/aromatic N) is 4. The first kappa shape index (κ1) is 42.3. The summed E-state index contributed by atoms with van der Waals surface area (Å²) in [6, 6.07) is 37.1. The molecule has 5 nitrogen and oxygen atoms in total. The highest BCUT2D eigenvalue weighted by molar-refractivity contribution is 6.13. The molecule has 1 unspecified atom stereocenters. The second-order valence-corrected chi connectivity index (χ2v) is 16.8. The zero-order chi connectivity index (χ0) is 42.0. The molecule has 5 heteroatoms. The number of allylic oxidation sites excluding steroid dienone is 3. The van der Waals surface area contributed by atoms with Crippen molar-refractivity contribution >= 4 is 60.0 Å². The Morgan fingerprint density at radius 2 is 1.00 bits per heavy atom. The summed E-state index contributed by atoms with van der Waals surface area (Å²) in [6.07, 6.45) is 14.0. The Labute approximate surface area is 358 Å². The molecular weight excluding hydrogens is 733 g/mol. The molecule has 0 heterocycles. The molecule has 0 radical (unpaired) electrons. The van der Waals surface area contributed by atoms with Crippen molar-refractivity contribution in [3.05, 3.63) is 137 Å². The Morgan fingerprint density at radius 1 is 0.583 bits per heavy atom. The SMILES string of the molecule is [C-]#[N+]/C(C#N)=C1\C(c2ccc(N(CCCCC)CCCCC)c3cc4ccccc4cc23)=C(O)C1c1ccc(N(CCCCC)CCCCC)c2cc3ccccc3cc12. The normalized spacial score (nSPS) is 14.7. The Kier molecular flexibility index (Phi) is 14.1. The van der Waals surface area contributed by atoms with Gasteiger partial charge >= 0.3 is 0 Å². The second kappa shape index (κ2) is 20.0. The van der Waals surface area contributed by atoms with Crippen LogP contribution < -0.4 is 9.80 Å². The lowest BCUT2D eigenvalue weighted by atomic mass is 9.69. The first-order valence-corrected chi connectivity index (χ1v) is 22.8. The van der Waals surface area contributed by atoms with Gasteiger partial charge in [-0.1, -0.05) is 140 Å². The molecule has 0 aliphatic heterocycles. The molecule has 0 saturated carbocycles. The minimum absolute atomic E-state index is 0.0327. The highest BCUT2D eigenvalue weighted by Gasteiger charge is 2.41. The number of fused-ring (bicyclic) bond motifs is 4. The van der Waals surface area contributed by atoms with Gasteiger partial charge in [-0.2, -0.15) is 0 Å². The Balaban J connectivity index is 1.44. The van der Waals surface area contributed by atoms with Gasteiger partial charge in [-0.3, -0.25) is 0 Å². The topological polar surface area (TPSA) is 54.9 Å². The zero-order valence-corrected chi connectivity index (χ0v) is 36.4. The van der Waals surface area contributed by atoms with E-state index >= 15 is 0 Å². The zero-order valence-electron chi connectivity index (χ0n) is 36.4. The summed E-state index contributed by atoms with van der Waals surface area (Å²) in [5, 5.41) is 32.1. The van der Waals surface area contributed by atoms with E-state index in [1.807, 2.05) is 0 Å². The van der Waals surface area contributed by atoms with Crippen LogP contribution in [0, 0.1) is 17.9 Å². The third kappa shape index (κ3) is 8.60. The molecule has 1 N–H and O–H groups in total. The lowest BCUT2D eigenvalue weighted by molar-refractivity contribution is 0.370. The van der Waals surface area contributed by atoms with Crippen molar-refractivity contribution in [2.75, 3.05) is 36.0 Å². The highest BCUT2D eigenvalue weighted by Crippen LogP contribution is 2.56. The maximum absolute atomic E-state index is 12.6. The fourth-order valence-electron chi connectivity index (χ4n) is 9.47. The third-order valence-corrected chi connectivity index (χ3v) is 12.7. The van der Waals surface area contributed by atoms with Crippen LogP contribution in [0.25, 0.3) is 53.5 Å². The van der Waals surface area contributed by atoms with E-state index in [4.69, 9.17) is 6.57 Å². The molecule has 0 aromatic heterocycles. The summed E-state index contributed by atoms with van der Waals surface area (Å²) in [5.41, 5.74) is 5.47. The van der Waals surface area contributed by atoms with Crippen LogP contribution in [0.2, 0.25) is 0 Å². The van der Waals surface area contributed by atoms with Gasteiger partial charge in [-0.05, 0) is 111 Å². The Bertz CT molecular complexity index is 2580. The monoisotopic (exact) mass is 794 g/mol. The molecule has 1 aliphatic rings. The van der Waals surface area contributed by atoms with Crippen LogP contribution in [0.4, 0.5) is 11.4 Å². The van der Waals surface area contributed by atoms with E-state index in [-0.39, 0.29) is 11.5 Å². The van der Waals surface area contributed by atoms with E-state index in [1.54, 1.807) is 0 Å². The molecule has 0 spiro atoms. The number of benzene rings is 6. The van der Waals surface area contributed by atoms with Gasteiger partial charge < -0.3 is 14.9 Å². The summed E-state index contributed by atoms with van der Waals surface area (Å²) in [5.74, 6) is -0.388. The largest absolute Gasteiger partial charge is 0.511 e. The Hall–Kier alpha value is -5.78. The molecule has 6 aromatic carbocycles. The molecule has 1 atom stereocenters. The smallest absolute Gasteiger partial charge is 0.266 e. The minimum Gasteiger partial charge on any atom is -0.511 e. The maximum Gasteiger partial charge on any atom is 0.266 e. The van der Waals surface area contributed by atoms with Gasteiger partial charge in [0.1, 0.15) is 5.76 Å². The predicted molar refractivity (Wildman–Crippen MR) is 257 cm³/mol. The van der Waals surface area contributed by atoms with Crippen molar-refractivity contribution < 1.29 is 5.11 Å². The summed E-state index contributed by atoms with van der Waals surface area (Å²) >= 11 is 0. The number of nitriles is 1. The molecule has 308 valence electrons. The summed E-state index contributed by atoms with van der Waals surface area (Å²) in [7, 11) is 0. The number of rotatable bonds is 20. The fourth-order valence-corrected chi connectivity index (χ4v) is 9.47. The van der Waals surface area contributed by atoms with Crippen molar-refractivity contribution in [3.8, 4) is 6.07 Å². The molecule has 0 saturated heterocycles. The van der Waals surface area contributed by atoms with Crippen LogP contribution in [-0.4, -0.2) is 31.3 Å². The van der Waals surface area contributed by atoms with Gasteiger partial charge in [0.25, 0.3) is 5.70 Å². The average molecular weight is 795 g/mol. The van der Waals surface area contributed by atoms with Gasteiger partial charge in [0.2, 0.25) is 0 Å². The van der Waals surface area contributed by atoms with Crippen molar-refractivity contribution in [3.63, 3.8) is 0 Å². The Morgan fingerprint density at radius 3 is 1.43 bits per heavy atom. The van der Waals surface area contributed by atoms with Gasteiger partial charge in [0.05, 0.1) is 18.6 Å². The standard InChI is InChI=1S/C55H62N4O/c1-6-10-18-30-58(31-19-11-7-2)50-28-26-43(45-34-39-22-14-16-24-41(39)36-47(45)50)52-54(49(38-56)57-5)53(55(52)60)44-27-29-51(59(32-20-12-8-3)33-21-13-9-4)48-37-42-25-17-15-23-40(42)35-46(44)48/h14-17,22-29,34-37,52,60H,6-13,18-21,30-33H2,1-4H3/b54-49-. The van der Waals surface area contributed by atoms with Crippen LogP contribution in [0.5, 0.6) is 0 Å². The van der Waals surface area contributed by atoms with Gasteiger partial charge in [0, 0.05) is 53.9 Å². The maximum atomic E-state index is 12.6. The average Bonchev–Trinajstić information content (AvgIpc) is 3.27. The molecular formula is C55H62N4O. The van der Waals surface area contributed by atoms with E-state index < -0.39 is 5.92 Å². The van der Waals surface area contributed by atoms with Gasteiger partial charge in [-0.15, -0.1) is 0 Å². The molecule has 7 rings (SSSR count). The van der Waals surface area contributed by atoms with Crippen LogP contribution in [0.15, 0.2) is 114 Å². The van der Waals surface area contributed by atoms with E-state index in [0.717, 1.165) is 95.3 Å². The van der Waals surface area contributed by atoms with Crippen LogP contribution in [0.1, 0.15) is 122 Å². The quantitative estimate of drug-likeness (QED) is 0.0362. The number of anilines is 2. The lowest BCUT2D eigenvalue weighted by Gasteiger charge is -2.37. The molecule has 6 aromatic rings. The van der Waals surface area contributed by atoms with Crippen LogP contribution in [0.3, 0.4) is 0 Å². The summed E-state index contributed by atoms with van der Waals surface area (Å²) in [4.78, 5) is 8.97. The minimum atomic E-state index is -0.607. The van der Waals surface area contributed by atoms with Gasteiger partial charge in [0.15, 0.2) is 0 Å². The second-order valence-electron chi connectivity index (χ2n) is 16.8. The number of unbranched alkanes of at least 4 members (excludes halogenated alkanes) is 8. The lowest BCUT2D eigenvalue weighted by Crippen LogP contribution is -2.27. The fraction of sp³-hybridized carbons (Fsp3) is 0.382. The number of aliphatic hydroxyl groups is 1. The first-order valence-electron chi connectivity index (χ1n) is 22.8. The third-order valence-electron chi connectivity index (χ3n) is 12.7. The molecule has 60 heavy (non-hydrogen) atoms. The summed E-state index contributed by atoms with van der Waals surface area (Å²) in [6.45, 7) is 21.3. The number of aliphatic hydroxyl groups excluding tert-OH is 1. The van der Waals surface area contributed by atoms with Crippen molar-refractivity contribution in [1.82, 2.24) is 0 Å². The van der Waals surface area contributed by atoms with Gasteiger partial charge in [-0.25, -0.2) is 10.1 Å². The van der Waals surface area contributed by atoms with E-state index in [0.29, 0.717) is 11.1 Å². The predicted octanol–water partition coefficient (Wildman–Crippen LogP) is 15.4. The van der Waals surface area contributed by atoms with Crippen LogP contribution >= 0.6 is 0 Å². The summed E-state index contributed by atoms with van der Waals surface area (Å²) < 4.78 is 0. The molecule has 0 bridgehead atoms. The highest BCUT2D eigenvalue weighted by atomic mass is 16.3.